The first kappa shape index (κ1) is 19.9. The Labute approximate surface area is 175 Å². The highest BCUT2D eigenvalue weighted by atomic mass is 35.5. The van der Waals surface area contributed by atoms with Crippen LogP contribution >= 0.6 is 11.6 Å². The number of carbonyl (C=O) groups excluding carboxylic acids is 2. The SMILES string of the molecule is O=C(N1CCN(Cc2ccccc2Cl)CC1)[C@@]1(O)CCN(c2ccccc2)C1=O. The molecule has 0 saturated carbocycles. The molecule has 2 aliphatic rings. The predicted octanol–water partition coefficient (Wildman–Crippen LogP) is 2.15. The Hall–Kier alpha value is -2.41. The number of anilines is 1. The largest absolute Gasteiger partial charge is 0.372 e. The van der Waals surface area contributed by atoms with Crippen molar-refractivity contribution in [2.24, 2.45) is 0 Å². The molecule has 2 fully saturated rings. The number of piperazine rings is 1. The Balaban J connectivity index is 1.38. The van der Waals surface area contributed by atoms with Crippen molar-refractivity contribution in [2.75, 3.05) is 37.6 Å². The van der Waals surface area contributed by atoms with E-state index in [-0.39, 0.29) is 6.42 Å². The number of para-hydroxylation sites is 1. The van der Waals surface area contributed by atoms with Gasteiger partial charge in [-0.3, -0.25) is 14.5 Å². The maximum atomic E-state index is 13.0. The highest BCUT2D eigenvalue weighted by Crippen LogP contribution is 2.30. The quantitative estimate of drug-likeness (QED) is 0.780. The molecule has 0 aromatic heterocycles. The van der Waals surface area contributed by atoms with E-state index in [4.69, 9.17) is 11.6 Å². The molecule has 2 amide bonds. The minimum absolute atomic E-state index is 0.111. The van der Waals surface area contributed by atoms with Gasteiger partial charge in [0, 0.05) is 56.4 Å². The van der Waals surface area contributed by atoms with E-state index in [0.717, 1.165) is 10.6 Å². The van der Waals surface area contributed by atoms with Crippen LogP contribution in [0, 0.1) is 0 Å². The highest BCUT2D eigenvalue weighted by molar-refractivity contribution is 6.31. The molecule has 2 heterocycles. The minimum Gasteiger partial charge on any atom is -0.372 e. The molecule has 2 aliphatic heterocycles. The summed E-state index contributed by atoms with van der Waals surface area (Å²) in [5, 5.41) is 11.7. The summed E-state index contributed by atoms with van der Waals surface area (Å²) in [6.45, 7) is 3.34. The number of benzene rings is 2. The van der Waals surface area contributed by atoms with E-state index >= 15 is 0 Å². The zero-order chi connectivity index (χ0) is 20.4. The van der Waals surface area contributed by atoms with Crippen molar-refractivity contribution in [3.63, 3.8) is 0 Å². The van der Waals surface area contributed by atoms with Crippen molar-refractivity contribution >= 4 is 29.1 Å². The Morgan fingerprint density at radius 2 is 1.62 bits per heavy atom. The Morgan fingerprint density at radius 1 is 0.966 bits per heavy atom. The van der Waals surface area contributed by atoms with Gasteiger partial charge in [0.05, 0.1) is 0 Å². The third-order valence-electron chi connectivity index (χ3n) is 5.73. The summed E-state index contributed by atoms with van der Waals surface area (Å²) in [4.78, 5) is 31.2. The zero-order valence-corrected chi connectivity index (χ0v) is 16.9. The summed E-state index contributed by atoms with van der Waals surface area (Å²) in [7, 11) is 0. The average Bonchev–Trinajstić information content (AvgIpc) is 3.06. The van der Waals surface area contributed by atoms with Crippen LogP contribution in [0.2, 0.25) is 5.02 Å². The fourth-order valence-corrected chi connectivity index (χ4v) is 4.19. The molecule has 6 nitrogen and oxygen atoms in total. The summed E-state index contributed by atoms with van der Waals surface area (Å²) < 4.78 is 0. The second-order valence-electron chi connectivity index (χ2n) is 7.56. The Kier molecular flexibility index (Phi) is 5.58. The highest BCUT2D eigenvalue weighted by Gasteiger charge is 2.53. The van der Waals surface area contributed by atoms with Gasteiger partial charge in [-0.25, -0.2) is 0 Å². The molecular formula is C22H24ClN3O3. The zero-order valence-electron chi connectivity index (χ0n) is 16.1. The number of rotatable bonds is 4. The Bertz CT molecular complexity index is 899. The van der Waals surface area contributed by atoms with Gasteiger partial charge < -0.3 is 14.9 Å². The number of hydrogen-bond acceptors (Lipinski definition) is 4. The third-order valence-corrected chi connectivity index (χ3v) is 6.10. The van der Waals surface area contributed by atoms with Crippen molar-refractivity contribution in [1.29, 1.82) is 0 Å². The molecule has 1 N–H and O–H groups in total. The summed E-state index contributed by atoms with van der Waals surface area (Å²) in [6, 6.07) is 16.9. The smallest absolute Gasteiger partial charge is 0.268 e. The van der Waals surface area contributed by atoms with E-state index < -0.39 is 17.4 Å². The first-order chi connectivity index (χ1) is 14.0. The minimum atomic E-state index is -1.97. The van der Waals surface area contributed by atoms with Gasteiger partial charge in [0.25, 0.3) is 11.8 Å². The van der Waals surface area contributed by atoms with Gasteiger partial charge in [0.2, 0.25) is 5.60 Å². The maximum Gasteiger partial charge on any atom is 0.268 e. The molecule has 0 bridgehead atoms. The van der Waals surface area contributed by atoms with E-state index in [1.54, 1.807) is 4.90 Å². The number of amides is 2. The lowest BCUT2D eigenvalue weighted by Gasteiger charge is -2.37. The molecule has 0 radical (unpaired) electrons. The van der Waals surface area contributed by atoms with Gasteiger partial charge in [-0.05, 0) is 23.8 Å². The summed E-state index contributed by atoms with van der Waals surface area (Å²) >= 11 is 6.24. The van der Waals surface area contributed by atoms with Crippen LogP contribution in [0.5, 0.6) is 0 Å². The van der Waals surface area contributed by atoms with Crippen LogP contribution in [-0.2, 0) is 16.1 Å². The maximum absolute atomic E-state index is 13.0. The van der Waals surface area contributed by atoms with Crippen molar-refractivity contribution in [2.45, 2.75) is 18.6 Å². The van der Waals surface area contributed by atoms with Crippen molar-refractivity contribution in [1.82, 2.24) is 9.80 Å². The van der Waals surface area contributed by atoms with Gasteiger partial charge in [-0.2, -0.15) is 0 Å². The van der Waals surface area contributed by atoms with Crippen LogP contribution in [-0.4, -0.2) is 65.0 Å². The number of halogens is 1. The third kappa shape index (κ3) is 3.88. The molecule has 0 spiro atoms. The van der Waals surface area contributed by atoms with Crippen molar-refractivity contribution in [3.8, 4) is 0 Å². The van der Waals surface area contributed by atoms with Crippen molar-refractivity contribution < 1.29 is 14.7 Å². The van der Waals surface area contributed by atoms with Gasteiger partial charge in [0.1, 0.15) is 0 Å². The molecular weight excluding hydrogens is 390 g/mol. The van der Waals surface area contributed by atoms with Crippen LogP contribution in [0.25, 0.3) is 0 Å². The van der Waals surface area contributed by atoms with Crippen molar-refractivity contribution in [3.05, 3.63) is 65.2 Å². The van der Waals surface area contributed by atoms with Gasteiger partial charge in [0.15, 0.2) is 0 Å². The fraction of sp³-hybridized carbons (Fsp3) is 0.364. The van der Waals surface area contributed by atoms with E-state index in [0.29, 0.717) is 45.0 Å². The second-order valence-corrected chi connectivity index (χ2v) is 7.97. The monoisotopic (exact) mass is 413 g/mol. The Morgan fingerprint density at radius 3 is 2.31 bits per heavy atom. The van der Waals surface area contributed by atoms with Crippen LogP contribution < -0.4 is 4.90 Å². The van der Waals surface area contributed by atoms with E-state index in [9.17, 15) is 14.7 Å². The lowest BCUT2D eigenvalue weighted by Crippen LogP contribution is -2.58. The normalized spacial score (nSPS) is 22.9. The number of aliphatic hydroxyl groups is 1. The van der Waals surface area contributed by atoms with Gasteiger partial charge in [-0.15, -0.1) is 0 Å². The number of nitrogens with zero attached hydrogens (tertiary/aromatic N) is 3. The lowest BCUT2D eigenvalue weighted by atomic mass is 10.00. The molecule has 0 aliphatic carbocycles. The summed E-state index contributed by atoms with van der Waals surface area (Å²) in [5.41, 5.74) is -0.219. The molecule has 152 valence electrons. The fourth-order valence-electron chi connectivity index (χ4n) is 4.00. The lowest BCUT2D eigenvalue weighted by molar-refractivity contribution is -0.158. The molecule has 29 heavy (non-hydrogen) atoms. The van der Waals surface area contributed by atoms with Gasteiger partial charge in [-0.1, -0.05) is 48.0 Å². The van der Waals surface area contributed by atoms with Gasteiger partial charge >= 0.3 is 0 Å². The first-order valence-corrected chi connectivity index (χ1v) is 10.2. The van der Waals surface area contributed by atoms with E-state index in [1.807, 2.05) is 54.6 Å². The first-order valence-electron chi connectivity index (χ1n) is 9.83. The van der Waals surface area contributed by atoms with E-state index in [1.165, 1.54) is 4.90 Å². The molecule has 2 saturated heterocycles. The van der Waals surface area contributed by atoms with Crippen LogP contribution in [0.4, 0.5) is 5.69 Å². The van der Waals surface area contributed by atoms with Crippen LogP contribution in [0.15, 0.2) is 54.6 Å². The van der Waals surface area contributed by atoms with Crippen LogP contribution in [0.3, 0.4) is 0 Å². The molecule has 2 aromatic carbocycles. The van der Waals surface area contributed by atoms with E-state index in [2.05, 4.69) is 4.90 Å². The second kappa shape index (κ2) is 8.14. The number of hydrogen-bond donors (Lipinski definition) is 1. The molecule has 1 atom stereocenters. The molecule has 2 aromatic rings. The molecule has 7 heteroatoms. The molecule has 0 unspecified atom stereocenters. The molecule has 4 rings (SSSR count). The standard InChI is InChI=1S/C22H24ClN3O3/c23-19-9-5-4-6-17(19)16-24-12-14-25(15-13-24)20(27)22(29)10-11-26(21(22)28)18-7-2-1-3-8-18/h1-9,29H,10-16H2/t22-/m0/s1. The number of carbonyl (C=O) groups is 2. The topological polar surface area (TPSA) is 64.1 Å². The predicted molar refractivity (Wildman–Crippen MR) is 112 cm³/mol. The van der Waals surface area contributed by atoms with Crippen LogP contribution in [0.1, 0.15) is 12.0 Å². The summed E-state index contributed by atoms with van der Waals surface area (Å²) in [6.07, 6.45) is 0.111. The average molecular weight is 414 g/mol. The summed E-state index contributed by atoms with van der Waals surface area (Å²) in [5.74, 6) is -1.02.